The fourth-order valence-corrected chi connectivity index (χ4v) is 0.215. The topological polar surface area (TPSA) is 178 Å². The zero-order chi connectivity index (χ0) is 12.5. The van der Waals surface area contributed by atoms with Gasteiger partial charge in [-0.15, -0.1) is 0 Å². The van der Waals surface area contributed by atoms with Gasteiger partial charge < -0.3 is 4.98 Å². The van der Waals surface area contributed by atoms with Crippen molar-refractivity contribution in [2.75, 3.05) is 0 Å². The minimum atomic E-state index is -4.67. The Labute approximate surface area is 85.1 Å². The molecule has 0 aliphatic rings. The SMILES string of the molecule is O=S(=O)(O)O.O=S(=O)(O)O.c1c[nH]cn1. The number of hydrogen-bond donors (Lipinski definition) is 5. The number of aromatic nitrogens is 2. The highest BCUT2D eigenvalue weighted by atomic mass is 32.3. The van der Waals surface area contributed by atoms with Gasteiger partial charge in [0.15, 0.2) is 0 Å². The van der Waals surface area contributed by atoms with Gasteiger partial charge in [0.2, 0.25) is 0 Å². The van der Waals surface area contributed by atoms with Crippen LogP contribution in [-0.4, -0.2) is 45.0 Å². The molecule has 0 aliphatic heterocycles. The Hall–Kier alpha value is -1.05. The lowest BCUT2D eigenvalue weighted by Gasteiger charge is -1.68. The lowest BCUT2D eigenvalue weighted by atomic mass is 11.0. The highest BCUT2D eigenvalue weighted by Gasteiger charge is 1.85. The smallest absolute Gasteiger partial charge is 0.351 e. The van der Waals surface area contributed by atoms with E-state index < -0.39 is 20.8 Å². The molecule has 0 saturated heterocycles. The van der Waals surface area contributed by atoms with Crippen LogP contribution in [0.2, 0.25) is 0 Å². The summed E-state index contributed by atoms with van der Waals surface area (Å²) in [5.41, 5.74) is 0. The molecule has 1 aromatic rings. The van der Waals surface area contributed by atoms with Crippen molar-refractivity contribution in [3.8, 4) is 0 Å². The van der Waals surface area contributed by atoms with Crippen LogP contribution in [0, 0.1) is 0 Å². The van der Waals surface area contributed by atoms with Gasteiger partial charge in [-0.3, -0.25) is 18.2 Å². The van der Waals surface area contributed by atoms with Crippen LogP contribution in [0.5, 0.6) is 0 Å². The van der Waals surface area contributed by atoms with Crippen LogP contribution in [0.25, 0.3) is 0 Å². The van der Waals surface area contributed by atoms with Crippen molar-refractivity contribution in [1.29, 1.82) is 0 Å². The first-order valence-electron chi connectivity index (χ1n) is 2.82. The predicted molar refractivity (Wildman–Crippen MR) is 46.9 cm³/mol. The lowest BCUT2D eigenvalue weighted by molar-refractivity contribution is 0.378. The average molecular weight is 264 g/mol. The average Bonchev–Trinajstić information content (AvgIpc) is 2.28. The minimum absolute atomic E-state index is 1.62. The molecule has 0 aromatic carbocycles. The van der Waals surface area contributed by atoms with Gasteiger partial charge in [0, 0.05) is 12.4 Å². The van der Waals surface area contributed by atoms with Crippen LogP contribution in [-0.2, 0) is 20.8 Å². The lowest BCUT2D eigenvalue weighted by Crippen LogP contribution is -1.89. The molecule has 0 radical (unpaired) electrons. The summed E-state index contributed by atoms with van der Waals surface area (Å²) in [6, 6.07) is 0. The number of nitrogens with one attached hydrogen (secondary N) is 1. The molecule has 0 aliphatic carbocycles. The number of aromatic amines is 1. The van der Waals surface area contributed by atoms with E-state index in [1.165, 1.54) is 0 Å². The highest BCUT2D eigenvalue weighted by Crippen LogP contribution is 1.62. The van der Waals surface area contributed by atoms with Crippen LogP contribution < -0.4 is 0 Å². The number of hydrogen-bond acceptors (Lipinski definition) is 5. The normalized spacial score (nSPS) is 10.4. The van der Waals surface area contributed by atoms with E-state index in [1.807, 2.05) is 0 Å². The molecule has 0 spiro atoms. The number of nitrogens with zero attached hydrogens (tertiary/aromatic N) is 1. The monoisotopic (exact) mass is 264 g/mol. The zero-order valence-electron chi connectivity index (χ0n) is 6.92. The Bertz CT molecular complexity index is 355. The number of imidazole rings is 1. The van der Waals surface area contributed by atoms with E-state index in [1.54, 1.807) is 18.7 Å². The summed E-state index contributed by atoms with van der Waals surface area (Å²) in [5, 5.41) is 0. The molecule has 90 valence electrons. The maximum Gasteiger partial charge on any atom is 0.394 e. The van der Waals surface area contributed by atoms with E-state index in [4.69, 9.17) is 35.0 Å². The second-order valence-electron chi connectivity index (χ2n) is 1.66. The summed E-state index contributed by atoms with van der Waals surface area (Å²) >= 11 is 0. The van der Waals surface area contributed by atoms with Crippen molar-refractivity contribution in [2.24, 2.45) is 0 Å². The standard InChI is InChI=1S/C3H4N2.2H2O4S/c1-2-5-3-4-1;2*1-5(2,3)4/h1-3H,(H,4,5);2*(H2,1,2,3,4). The van der Waals surface area contributed by atoms with E-state index in [-0.39, 0.29) is 0 Å². The van der Waals surface area contributed by atoms with Crippen molar-refractivity contribution < 1.29 is 35.0 Å². The molecule has 10 nitrogen and oxygen atoms in total. The van der Waals surface area contributed by atoms with E-state index in [0.29, 0.717) is 0 Å². The first-order valence-corrected chi connectivity index (χ1v) is 5.62. The van der Waals surface area contributed by atoms with Crippen molar-refractivity contribution in [1.82, 2.24) is 9.97 Å². The first-order chi connectivity index (χ1) is 6.50. The van der Waals surface area contributed by atoms with Gasteiger partial charge in [-0.05, 0) is 0 Å². The zero-order valence-corrected chi connectivity index (χ0v) is 8.55. The minimum Gasteiger partial charge on any atom is -0.351 e. The Morgan fingerprint density at radius 3 is 1.33 bits per heavy atom. The Kier molecular flexibility index (Phi) is 7.94. The molecule has 1 aromatic heterocycles. The van der Waals surface area contributed by atoms with Gasteiger partial charge in [0.1, 0.15) is 0 Å². The maximum atomic E-state index is 8.74. The quantitative estimate of drug-likeness (QED) is 0.371. The molecule has 0 fully saturated rings. The van der Waals surface area contributed by atoms with Crippen molar-refractivity contribution in [2.45, 2.75) is 0 Å². The van der Waals surface area contributed by atoms with Gasteiger partial charge in [0.05, 0.1) is 6.33 Å². The van der Waals surface area contributed by atoms with Gasteiger partial charge >= 0.3 is 20.8 Å². The van der Waals surface area contributed by atoms with Gasteiger partial charge in [-0.1, -0.05) is 0 Å². The number of rotatable bonds is 0. The molecule has 0 amide bonds. The summed E-state index contributed by atoms with van der Waals surface area (Å²) in [4.78, 5) is 6.42. The van der Waals surface area contributed by atoms with Crippen molar-refractivity contribution in [3.05, 3.63) is 18.7 Å². The van der Waals surface area contributed by atoms with Gasteiger partial charge in [0.25, 0.3) is 0 Å². The van der Waals surface area contributed by atoms with Gasteiger partial charge in [-0.25, -0.2) is 4.98 Å². The fourth-order valence-electron chi connectivity index (χ4n) is 0.215. The molecular formula is C3H8N2O8S2. The van der Waals surface area contributed by atoms with E-state index in [0.717, 1.165) is 0 Å². The summed E-state index contributed by atoms with van der Waals surface area (Å²) in [6.45, 7) is 0. The summed E-state index contributed by atoms with van der Waals surface area (Å²) < 4.78 is 63.2. The summed E-state index contributed by atoms with van der Waals surface area (Å²) in [5.74, 6) is 0. The highest BCUT2D eigenvalue weighted by molar-refractivity contribution is 7.80. The molecule has 0 atom stereocenters. The second-order valence-corrected chi connectivity index (χ2v) is 3.45. The third kappa shape index (κ3) is 99.5. The molecule has 1 rings (SSSR count). The van der Waals surface area contributed by atoms with E-state index in [9.17, 15) is 0 Å². The Morgan fingerprint density at radius 1 is 0.933 bits per heavy atom. The van der Waals surface area contributed by atoms with Crippen LogP contribution in [0.1, 0.15) is 0 Å². The fraction of sp³-hybridized carbons (Fsp3) is 0. The molecule has 5 N–H and O–H groups in total. The third-order valence-corrected chi connectivity index (χ3v) is 0.406. The molecule has 0 unspecified atom stereocenters. The van der Waals surface area contributed by atoms with Gasteiger partial charge in [-0.2, -0.15) is 16.8 Å². The molecule has 1 heterocycles. The summed E-state index contributed by atoms with van der Waals surface area (Å²) in [6.07, 6.45) is 5.08. The molecule has 15 heavy (non-hydrogen) atoms. The maximum absolute atomic E-state index is 8.74. The Morgan fingerprint density at radius 2 is 1.27 bits per heavy atom. The van der Waals surface area contributed by atoms with Crippen LogP contribution in [0.3, 0.4) is 0 Å². The molecule has 0 bridgehead atoms. The predicted octanol–water partition coefficient (Wildman–Crippen LogP) is -0.896. The largest absolute Gasteiger partial charge is 0.394 e. The van der Waals surface area contributed by atoms with E-state index in [2.05, 4.69) is 9.97 Å². The van der Waals surface area contributed by atoms with Crippen LogP contribution >= 0.6 is 0 Å². The molecular weight excluding hydrogens is 256 g/mol. The number of H-pyrrole nitrogens is 1. The first kappa shape index (κ1) is 16.4. The van der Waals surface area contributed by atoms with E-state index >= 15 is 0 Å². The van der Waals surface area contributed by atoms with Crippen molar-refractivity contribution >= 4 is 20.8 Å². The van der Waals surface area contributed by atoms with Crippen LogP contribution in [0.15, 0.2) is 18.7 Å². The molecule has 12 heteroatoms. The third-order valence-electron chi connectivity index (χ3n) is 0.406. The summed E-state index contributed by atoms with van der Waals surface area (Å²) in [7, 11) is -9.33. The van der Waals surface area contributed by atoms with Crippen LogP contribution in [0.4, 0.5) is 0 Å². The van der Waals surface area contributed by atoms with Crippen molar-refractivity contribution in [3.63, 3.8) is 0 Å². The molecule has 0 saturated carbocycles. The second kappa shape index (κ2) is 7.27. The Balaban J connectivity index is 0.